The minimum Gasteiger partial charge on any atom is -0.494 e. The highest BCUT2D eigenvalue weighted by atomic mass is 19.1. The summed E-state index contributed by atoms with van der Waals surface area (Å²) < 4.78 is 18.5. The number of rotatable bonds is 4. The van der Waals surface area contributed by atoms with Gasteiger partial charge in [0, 0.05) is 19.2 Å². The van der Waals surface area contributed by atoms with Crippen LogP contribution < -0.4 is 4.74 Å². The monoisotopic (exact) mass is 287 g/mol. The quantitative estimate of drug-likeness (QED) is 0.862. The lowest BCUT2D eigenvalue weighted by Gasteiger charge is -2.18. The SMILES string of the molecule is COc1ccc(CN(C)C(=O)c2ccc(C)cc2)cc1F. The molecule has 0 N–H and O–H groups in total. The molecule has 0 fully saturated rings. The first-order valence-corrected chi connectivity index (χ1v) is 6.66. The number of carbonyl (C=O) groups is 1. The van der Waals surface area contributed by atoms with Crippen molar-refractivity contribution in [3.05, 3.63) is 65.0 Å². The van der Waals surface area contributed by atoms with Crippen molar-refractivity contribution in [3.8, 4) is 5.75 Å². The van der Waals surface area contributed by atoms with Gasteiger partial charge in [-0.05, 0) is 36.8 Å². The number of nitrogens with zero attached hydrogens (tertiary/aromatic N) is 1. The second kappa shape index (κ2) is 6.39. The number of hydrogen-bond donors (Lipinski definition) is 0. The highest BCUT2D eigenvalue weighted by Crippen LogP contribution is 2.19. The Balaban J connectivity index is 2.10. The van der Waals surface area contributed by atoms with Crippen molar-refractivity contribution in [3.63, 3.8) is 0 Å². The molecule has 0 aliphatic rings. The van der Waals surface area contributed by atoms with Crippen molar-refractivity contribution >= 4 is 5.91 Å². The molecule has 0 heterocycles. The minimum atomic E-state index is -0.425. The standard InChI is InChI=1S/C17H18FNO2/c1-12-4-7-14(8-5-12)17(20)19(2)11-13-6-9-16(21-3)15(18)10-13/h4-10H,11H2,1-3H3. The zero-order chi connectivity index (χ0) is 15.4. The highest BCUT2D eigenvalue weighted by Gasteiger charge is 2.13. The van der Waals surface area contributed by atoms with E-state index in [0.29, 0.717) is 12.1 Å². The van der Waals surface area contributed by atoms with E-state index in [-0.39, 0.29) is 11.7 Å². The van der Waals surface area contributed by atoms with Crippen LogP contribution in [0.4, 0.5) is 4.39 Å². The van der Waals surface area contributed by atoms with E-state index in [2.05, 4.69) is 0 Å². The lowest BCUT2D eigenvalue weighted by molar-refractivity contribution is 0.0785. The van der Waals surface area contributed by atoms with E-state index >= 15 is 0 Å². The molecule has 0 radical (unpaired) electrons. The normalized spacial score (nSPS) is 10.3. The van der Waals surface area contributed by atoms with E-state index in [9.17, 15) is 9.18 Å². The zero-order valence-electron chi connectivity index (χ0n) is 12.4. The molecule has 0 atom stereocenters. The van der Waals surface area contributed by atoms with Gasteiger partial charge >= 0.3 is 0 Å². The summed E-state index contributed by atoms with van der Waals surface area (Å²) in [5, 5.41) is 0. The molecule has 110 valence electrons. The summed E-state index contributed by atoms with van der Waals surface area (Å²) in [6.07, 6.45) is 0. The first kappa shape index (κ1) is 15.0. The van der Waals surface area contributed by atoms with E-state index in [1.807, 2.05) is 19.1 Å². The van der Waals surface area contributed by atoms with Gasteiger partial charge in [-0.1, -0.05) is 23.8 Å². The Morgan fingerprint density at radius 3 is 2.43 bits per heavy atom. The number of halogens is 1. The minimum absolute atomic E-state index is 0.0915. The Bertz CT molecular complexity index is 638. The third-order valence-electron chi connectivity index (χ3n) is 3.28. The van der Waals surface area contributed by atoms with Gasteiger partial charge in [0.15, 0.2) is 11.6 Å². The average Bonchev–Trinajstić information content (AvgIpc) is 2.47. The van der Waals surface area contributed by atoms with Gasteiger partial charge in [-0.2, -0.15) is 0 Å². The van der Waals surface area contributed by atoms with Gasteiger partial charge < -0.3 is 9.64 Å². The molecule has 0 aliphatic carbocycles. The van der Waals surface area contributed by atoms with E-state index in [1.54, 1.807) is 36.2 Å². The Hall–Kier alpha value is -2.36. The van der Waals surface area contributed by atoms with Crippen LogP contribution >= 0.6 is 0 Å². The van der Waals surface area contributed by atoms with Gasteiger partial charge in [0.1, 0.15) is 0 Å². The third kappa shape index (κ3) is 3.60. The first-order valence-electron chi connectivity index (χ1n) is 6.66. The summed E-state index contributed by atoms with van der Waals surface area (Å²) in [7, 11) is 3.12. The molecule has 2 aromatic rings. The smallest absolute Gasteiger partial charge is 0.253 e. The maximum Gasteiger partial charge on any atom is 0.253 e. The summed E-state index contributed by atoms with van der Waals surface area (Å²) in [5.41, 5.74) is 2.44. The summed E-state index contributed by atoms with van der Waals surface area (Å²) >= 11 is 0. The van der Waals surface area contributed by atoms with E-state index in [4.69, 9.17) is 4.74 Å². The second-order valence-corrected chi connectivity index (χ2v) is 5.00. The van der Waals surface area contributed by atoms with E-state index in [0.717, 1.165) is 11.1 Å². The molecule has 2 aromatic carbocycles. The van der Waals surface area contributed by atoms with Crippen molar-refractivity contribution in [1.29, 1.82) is 0 Å². The van der Waals surface area contributed by atoms with Gasteiger partial charge in [-0.3, -0.25) is 4.79 Å². The lowest BCUT2D eigenvalue weighted by Crippen LogP contribution is -2.26. The predicted octanol–water partition coefficient (Wildman–Crippen LogP) is 3.41. The van der Waals surface area contributed by atoms with Crippen molar-refractivity contribution in [2.75, 3.05) is 14.2 Å². The van der Waals surface area contributed by atoms with Crippen LogP contribution in [0.1, 0.15) is 21.5 Å². The van der Waals surface area contributed by atoms with Gasteiger partial charge in [0.25, 0.3) is 5.91 Å². The van der Waals surface area contributed by atoms with Crippen LogP contribution in [0, 0.1) is 12.7 Å². The molecule has 0 bridgehead atoms. The summed E-state index contributed by atoms with van der Waals surface area (Å²) in [5.74, 6) is -0.316. The van der Waals surface area contributed by atoms with E-state index in [1.165, 1.54) is 13.2 Å². The number of benzene rings is 2. The Labute approximate surface area is 124 Å². The summed E-state index contributed by atoms with van der Waals surface area (Å²) in [6, 6.07) is 12.1. The molecular weight excluding hydrogens is 269 g/mol. The van der Waals surface area contributed by atoms with Crippen molar-refractivity contribution < 1.29 is 13.9 Å². The molecule has 21 heavy (non-hydrogen) atoms. The maximum absolute atomic E-state index is 13.6. The molecule has 0 spiro atoms. The fourth-order valence-corrected chi connectivity index (χ4v) is 2.07. The number of amides is 1. The molecular formula is C17H18FNO2. The molecule has 3 nitrogen and oxygen atoms in total. The Kier molecular flexibility index (Phi) is 4.58. The van der Waals surface area contributed by atoms with Crippen LogP contribution in [-0.4, -0.2) is 25.0 Å². The van der Waals surface area contributed by atoms with Crippen LogP contribution in [0.5, 0.6) is 5.75 Å². The number of ether oxygens (including phenoxy) is 1. The molecule has 0 aromatic heterocycles. The van der Waals surface area contributed by atoms with Gasteiger partial charge in [0.05, 0.1) is 7.11 Å². The fraction of sp³-hybridized carbons (Fsp3) is 0.235. The zero-order valence-corrected chi connectivity index (χ0v) is 12.4. The molecule has 0 saturated heterocycles. The van der Waals surface area contributed by atoms with Crippen LogP contribution in [-0.2, 0) is 6.54 Å². The number of methoxy groups -OCH3 is 1. The van der Waals surface area contributed by atoms with Crippen LogP contribution in [0.15, 0.2) is 42.5 Å². The second-order valence-electron chi connectivity index (χ2n) is 5.00. The van der Waals surface area contributed by atoms with Crippen LogP contribution in [0.2, 0.25) is 0 Å². The number of carbonyl (C=O) groups excluding carboxylic acids is 1. The third-order valence-corrected chi connectivity index (χ3v) is 3.28. The molecule has 4 heteroatoms. The first-order chi connectivity index (χ1) is 10.0. The van der Waals surface area contributed by atoms with Crippen LogP contribution in [0.25, 0.3) is 0 Å². The van der Waals surface area contributed by atoms with Gasteiger partial charge in [-0.25, -0.2) is 4.39 Å². The van der Waals surface area contributed by atoms with Crippen molar-refractivity contribution in [2.45, 2.75) is 13.5 Å². The van der Waals surface area contributed by atoms with Gasteiger partial charge in [-0.15, -0.1) is 0 Å². The van der Waals surface area contributed by atoms with Crippen LogP contribution in [0.3, 0.4) is 0 Å². The maximum atomic E-state index is 13.6. The average molecular weight is 287 g/mol. The lowest BCUT2D eigenvalue weighted by atomic mass is 10.1. The summed E-state index contributed by atoms with van der Waals surface area (Å²) in [4.78, 5) is 13.8. The molecule has 0 unspecified atom stereocenters. The molecule has 1 amide bonds. The topological polar surface area (TPSA) is 29.5 Å². The Morgan fingerprint density at radius 2 is 1.86 bits per heavy atom. The fourth-order valence-electron chi connectivity index (χ4n) is 2.07. The highest BCUT2D eigenvalue weighted by molar-refractivity contribution is 5.94. The van der Waals surface area contributed by atoms with Crippen molar-refractivity contribution in [1.82, 2.24) is 4.90 Å². The number of hydrogen-bond acceptors (Lipinski definition) is 2. The molecule has 0 aliphatic heterocycles. The predicted molar refractivity (Wildman–Crippen MR) is 79.9 cm³/mol. The van der Waals surface area contributed by atoms with Crippen molar-refractivity contribution in [2.24, 2.45) is 0 Å². The largest absolute Gasteiger partial charge is 0.494 e. The molecule has 0 saturated carbocycles. The summed E-state index contributed by atoms with van der Waals surface area (Å²) in [6.45, 7) is 2.31. The van der Waals surface area contributed by atoms with E-state index < -0.39 is 5.82 Å². The molecule has 2 rings (SSSR count). The number of aryl methyl sites for hydroxylation is 1. The Morgan fingerprint density at radius 1 is 1.19 bits per heavy atom. The van der Waals surface area contributed by atoms with Gasteiger partial charge in [0.2, 0.25) is 0 Å².